The normalized spacial score (nSPS) is 9.83. The van der Waals surface area contributed by atoms with Crippen LogP contribution in [0.1, 0.15) is 25.8 Å². The van der Waals surface area contributed by atoms with Gasteiger partial charge in [0, 0.05) is 12.1 Å². The summed E-state index contributed by atoms with van der Waals surface area (Å²) in [5.74, 6) is 1.37. The van der Waals surface area contributed by atoms with Gasteiger partial charge in [0.1, 0.15) is 6.07 Å². The summed E-state index contributed by atoms with van der Waals surface area (Å²) in [6.07, 6.45) is 1.08. The van der Waals surface area contributed by atoms with Crippen molar-refractivity contribution in [1.82, 2.24) is 5.32 Å². The maximum atomic E-state index is 8.62. The second-order valence-corrected chi connectivity index (χ2v) is 3.80. The molecule has 0 saturated carbocycles. The van der Waals surface area contributed by atoms with Crippen LogP contribution in [0.4, 0.5) is 0 Å². The van der Waals surface area contributed by atoms with Gasteiger partial charge in [0.25, 0.3) is 0 Å². The van der Waals surface area contributed by atoms with Crippen molar-refractivity contribution >= 4 is 0 Å². The highest BCUT2D eigenvalue weighted by molar-refractivity contribution is 5.46. The van der Waals surface area contributed by atoms with Gasteiger partial charge >= 0.3 is 0 Å². The van der Waals surface area contributed by atoms with Gasteiger partial charge in [-0.05, 0) is 26.0 Å². The van der Waals surface area contributed by atoms with Crippen LogP contribution in [0, 0.1) is 11.3 Å². The van der Waals surface area contributed by atoms with Crippen LogP contribution in [-0.4, -0.2) is 19.8 Å². The third kappa shape index (κ3) is 4.27. The number of rotatable bonds is 8. The number of hydrogen-bond acceptors (Lipinski definition) is 4. The Morgan fingerprint density at radius 2 is 2.11 bits per heavy atom. The summed E-state index contributed by atoms with van der Waals surface area (Å²) >= 11 is 0. The van der Waals surface area contributed by atoms with Crippen LogP contribution in [0.2, 0.25) is 0 Å². The number of benzene rings is 1. The van der Waals surface area contributed by atoms with E-state index in [1.54, 1.807) is 0 Å². The van der Waals surface area contributed by atoms with E-state index in [2.05, 4.69) is 12.2 Å². The molecule has 4 nitrogen and oxygen atoms in total. The number of nitrogens with zero attached hydrogens (tertiary/aromatic N) is 1. The fourth-order valence-electron chi connectivity index (χ4n) is 1.64. The molecular weight excluding hydrogens is 228 g/mol. The minimum atomic E-state index is 0.0326. The Labute approximate surface area is 109 Å². The van der Waals surface area contributed by atoms with Crippen LogP contribution in [0.5, 0.6) is 11.5 Å². The highest BCUT2D eigenvalue weighted by Crippen LogP contribution is 2.31. The highest BCUT2D eigenvalue weighted by Gasteiger charge is 2.10. The molecule has 1 rings (SSSR count). The van der Waals surface area contributed by atoms with Crippen molar-refractivity contribution in [2.24, 2.45) is 0 Å². The van der Waals surface area contributed by atoms with E-state index in [-0.39, 0.29) is 6.61 Å². The Bertz CT molecular complexity index is 399. The third-order valence-electron chi connectivity index (χ3n) is 2.38. The fourth-order valence-corrected chi connectivity index (χ4v) is 1.64. The zero-order chi connectivity index (χ0) is 13.2. The molecule has 0 spiro atoms. The maximum absolute atomic E-state index is 8.62. The van der Waals surface area contributed by atoms with Crippen LogP contribution in [0.3, 0.4) is 0 Å². The van der Waals surface area contributed by atoms with E-state index in [9.17, 15) is 0 Å². The first-order chi connectivity index (χ1) is 8.83. The number of nitriles is 1. The van der Waals surface area contributed by atoms with Gasteiger partial charge in [0.2, 0.25) is 0 Å². The van der Waals surface area contributed by atoms with Gasteiger partial charge in [-0.15, -0.1) is 0 Å². The van der Waals surface area contributed by atoms with E-state index >= 15 is 0 Å². The maximum Gasteiger partial charge on any atom is 0.174 e. The molecule has 0 heterocycles. The second-order valence-electron chi connectivity index (χ2n) is 3.80. The zero-order valence-electron chi connectivity index (χ0n) is 11.0. The average molecular weight is 248 g/mol. The number of para-hydroxylation sites is 1. The van der Waals surface area contributed by atoms with Crippen molar-refractivity contribution in [2.45, 2.75) is 26.8 Å². The van der Waals surface area contributed by atoms with Gasteiger partial charge in [-0.2, -0.15) is 5.26 Å². The van der Waals surface area contributed by atoms with Gasteiger partial charge in [0.05, 0.1) is 6.61 Å². The molecule has 0 bridgehead atoms. The van der Waals surface area contributed by atoms with E-state index in [0.717, 1.165) is 25.1 Å². The molecule has 0 unspecified atom stereocenters. The fraction of sp³-hybridized carbons (Fsp3) is 0.500. The Morgan fingerprint density at radius 3 is 2.78 bits per heavy atom. The van der Waals surface area contributed by atoms with Crippen LogP contribution in [-0.2, 0) is 6.54 Å². The molecule has 18 heavy (non-hydrogen) atoms. The first kappa shape index (κ1) is 14.3. The van der Waals surface area contributed by atoms with Crippen molar-refractivity contribution in [3.8, 4) is 17.6 Å². The molecule has 0 amide bonds. The standard InChI is InChI=1S/C14H20N2O2/c1-3-9-16-11-12-6-5-7-13(17-4-2)14(12)18-10-8-15/h5-7,16H,3-4,9-11H2,1-2H3. The summed E-state index contributed by atoms with van der Waals surface area (Å²) in [6, 6.07) is 7.76. The summed E-state index contributed by atoms with van der Waals surface area (Å²) in [7, 11) is 0. The van der Waals surface area contributed by atoms with Gasteiger partial charge in [0.15, 0.2) is 18.1 Å². The number of nitrogens with one attached hydrogen (secondary N) is 1. The Kier molecular flexibility index (Phi) is 6.67. The van der Waals surface area contributed by atoms with Crippen molar-refractivity contribution in [3.63, 3.8) is 0 Å². The highest BCUT2D eigenvalue weighted by atomic mass is 16.5. The predicted molar refractivity (Wildman–Crippen MR) is 70.7 cm³/mol. The van der Waals surface area contributed by atoms with Gasteiger partial charge < -0.3 is 14.8 Å². The lowest BCUT2D eigenvalue weighted by molar-refractivity contribution is 0.296. The number of ether oxygens (including phenoxy) is 2. The Balaban J connectivity index is 2.84. The summed E-state index contributed by atoms with van der Waals surface area (Å²) in [5.41, 5.74) is 1.02. The third-order valence-corrected chi connectivity index (χ3v) is 2.38. The largest absolute Gasteiger partial charge is 0.490 e. The molecule has 0 aromatic heterocycles. The lowest BCUT2D eigenvalue weighted by atomic mass is 10.2. The molecule has 0 atom stereocenters. The lowest BCUT2D eigenvalue weighted by Gasteiger charge is -2.14. The van der Waals surface area contributed by atoms with Gasteiger partial charge in [-0.3, -0.25) is 0 Å². The van der Waals surface area contributed by atoms with Crippen LogP contribution in [0.15, 0.2) is 18.2 Å². The molecular formula is C14H20N2O2. The van der Waals surface area contributed by atoms with E-state index in [4.69, 9.17) is 14.7 Å². The summed E-state index contributed by atoms with van der Waals surface area (Å²) < 4.78 is 11.0. The first-order valence-electron chi connectivity index (χ1n) is 6.28. The van der Waals surface area contributed by atoms with Gasteiger partial charge in [-0.25, -0.2) is 0 Å². The first-order valence-corrected chi connectivity index (χ1v) is 6.28. The quantitative estimate of drug-likeness (QED) is 0.718. The van der Waals surface area contributed by atoms with E-state index < -0.39 is 0 Å². The molecule has 98 valence electrons. The molecule has 0 saturated heterocycles. The minimum absolute atomic E-state index is 0.0326. The van der Waals surface area contributed by atoms with E-state index in [1.807, 2.05) is 31.2 Å². The number of hydrogen-bond donors (Lipinski definition) is 1. The molecule has 1 N–H and O–H groups in total. The summed E-state index contributed by atoms with van der Waals surface area (Å²) in [4.78, 5) is 0. The zero-order valence-corrected chi connectivity index (χ0v) is 11.0. The summed E-state index contributed by atoms with van der Waals surface area (Å²) in [5, 5.41) is 11.9. The van der Waals surface area contributed by atoms with Crippen LogP contribution in [0.25, 0.3) is 0 Å². The lowest BCUT2D eigenvalue weighted by Crippen LogP contribution is -2.15. The van der Waals surface area contributed by atoms with Gasteiger partial charge in [-0.1, -0.05) is 19.1 Å². The molecule has 1 aromatic carbocycles. The second kappa shape index (κ2) is 8.37. The molecule has 4 heteroatoms. The van der Waals surface area contributed by atoms with Crippen LogP contribution < -0.4 is 14.8 Å². The molecule has 0 fully saturated rings. The van der Waals surface area contributed by atoms with E-state index in [1.165, 1.54) is 0 Å². The SMILES string of the molecule is CCCNCc1cccc(OCC)c1OCC#N. The smallest absolute Gasteiger partial charge is 0.174 e. The van der Waals surface area contributed by atoms with Crippen molar-refractivity contribution in [1.29, 1.82) is 5.26 Å². The molecule has 0 aliphatic heterocycles. The predicted octanol–water partition coefficient (Wildman–Crippen LogP) is 2.49. The minimum Gasteiger partial charge on any atom is -0.490 e. The Morgan fingerprint density at radius 1 is 1.28 bits per heavy atom. The van der Waals surface area contributed by atoms with Crippen molar-refractivity contribution < 1.29 is 9.47 Å². The van der Waals surface area contributed by atoms with Crippen molar-refractivity contribution in [3.05, 3.63) is 23.8 Å². The van der Waals surface area contributed by atoms with Crippen molar-refractivity contribution in [2.75, 3.05) is 19.8 Å². The Hall–Kier alpha value is -1.73. The summed E-state index contributed by atoms with van der Waals surface area (Å²) in [6.45, 7) is 6.33. The topological polar surface area (TPSA) is 54.3 Å². The molecule has 0 aliphatic carbocycles. The van der Waals surface area contributed by atoms with E-state index in [0.29, 0.717) is 18.1 Å². The monoisotopic (exact) mass is 248 g/mol. The van der Waals surface area contributed by atoms with Crippen LogP contribution >= 0.6 is 0 Å². The molecule has 0 aliphatic rings. The molecule has 1 aromatic rings. The average Bonchev–Trinajstić information content (AvgIpc) is 2.38. The molecule has 0 radical (unpaired) electrons.